The topological polar surface area (TPSA) is 60.9 Å². The fourth-order valence-electron chi connectivity index (χ4n) is 1.87. The van der Waals surface area contributed by atoms with E-state index >= 15 is 0 Å². The van der Waals surface area contributed by atoms with E-state index < -0.39 is 0 Å². The summed E-state index contributed by atoms with van der Waals surface area (Å²) in [6.07, 6.45) is 1.69. The van der Waals surface area contributed by atoms with Crippen LogP contribution in [0.1, 0.15) is 11.5 Å². The summed E-state index contributed by atoms with van der Waals surface area (Å²) in [7, 11) is 0. The van der Waals surface area contributed by atoms with Crippen LogP contribution < -0.4 is 5.56 Å². The summed E-state index contributed by atoms with van der Waals surface area (Å²) in [6.45, 7) is 2.30. The van der Waals surface area contributed by atoms with Crippen molar-refractivity contribution in [1.29, 1.82) is 0 Å². The third-order valence-electron chi connectivity index (χ3n) is 2.97. The number of aromatic nitrogens is 3. The summed E-state index contributed by atoms with van der Waals surface area (Å²) in [5, 5.41) is 7.98. The maximum atomic E-state index is 11.6. The Hall–Kier alpha value is -2.69. The first-order valence-electron chi connectivity index (χ1n) is 6.27. The second kappa shape index (κ2) is 5.13. The second-order valence-corrected chi connectivity index (χ2v) is 4.53. The van der Waals surface area contributed by atoms with Gasteiger partial charge in [-0.3, -0.25) is 4.79 Å². The molecule has 20 heavy (non-hydrogen) atoms. The van der Waals surface area contributed by atoms with Gasteiger partial charge in [-0.15, -0.1) is 10.2 Å². The summed E-state index contributed by atoms with van der Waals surface area (Å²) in [6, 6.07) is 12.8. The average Bonchev–Trinajstić information content (AvgIpc) is 2.91. The Bertz CT molecular complexity index is 772. The standard InChI is InChI=1S/C15H13N3O2/c1-11-5-7-12(8-6-11)15-17-16-13(20-15)10-18-9-3-2-4-14(18)19/h2-9H,10H2,1H3. The Morgan fingerprint density at radius 2 is 1.90 bits per heavy atom. The first-order chi connectivity index (χ1) is 9.72. The summed E-state index contributed by atoms with van der Waals surface area (Å²) in [4.78, 5) is 11.6. The first kappa shape index (κ1) is 12.3. The molecule has 0 aliphatic carbocycles. The number of benzene rings is 1. The van der Waals surface area contributed by atoms with Crippen molar-refractivity contribution < 1.29 is 4.42 Å². The van der Waals surface area contributed by atoms with Crippen LogP contribution in [0, 0.1) is 6.92 Å². The number of hydrogen-bond donors (Lipinski definition) is 0. The molecule has 5 heteroatoms. The van der Waals surface area contributed by atoms with Gasteiger partial charge in [0.1, 0.15) is 6.54 Å². The van der Waals surface area contributed by atoms with Gasteiger partial charge in [-0.1, -0.05) is 23.8 Å². The maximum absolute atomic E-state index is 11.6. The van der Waals surface area contributed by atoms with Crippen molar-refractivity contribution in [2.45, 2.75) is 13.5 Å². The quantitative estimate of drug-likeness (QED) is 0.730. The molecule has 0 N–H and O–H groups in total. The number of nitrogens with zero attached hydrogens (tertiary/aromatic N) is 3. The van der Waals surface area contributed by atoms with Crippen molar-refractivity contribution in [2.75, 3.05) is 0 Å². The molecular weight excluding hydrogens is 254 g/mol. The van der Waals surface area contributed by atoms with E-state index in [1.54, 1.807) is 18.3 Å². The fourth-order valence-corrected chi connectivity index (χ4v) is 1.87. The van der Waals surface area contributed by atoms with Gasteiger partial charge in [0.2, 0.25) is 11.8 Å². The van der Waals surface area contributed by atoms with Crippen LogP contribution >= 0.6 is 0 Å². The van der Waals surface area contributed by atoms with E-state index in [9.17, 15) is 4.79 Å². The average molecular weight is 267 g/mol. The number of hydrogen-bond acceptors (Lipinski definition) is 4. The van der Waals surface area contributed by atoms with Crippen molar-refractivity contribution in [3.63, 3.8) is 0 Å². The van der Waals surface area contributed by atoms with Gasteiger partial charge in [0, 0.05) is 17.8 Å². The molecule has 0 spiro atoms. The summed E-state index contributed by atoms with van der Waals surface area (Å²) in [5.41, 5.74) is 1.95. The molecule has 1 aromatic carbocycles. The Morgan fingerprint density at radius 3 is 2.65 bits per heavy atom. The molecule has 0 unspecified atom stereocenters. The molecule has 100 valence electrons. The number of aryl methyl sites for hydroxylation is 1. The van der Waals surface area contributed by atoms with E-state index in [2.05, 4.69) is 10.2 Å². The maximum Gasteiger partial charge on any atom is 0.250 e. The molecule has 2 heterocycles. The van der Waals surface area contributed by atoms with E-state index in [1.165, 1.54) is 16.2 Å². The molecule has 0 radical (unpaired) electrons. The fraction of sp³-hybridized carbons (Fsp3) is 0.133. The van der Waals surface area contributed by atoms with Crippen LogP contribution in [0.15, 0.2) is 57.9 Å². The lowest BCUT2D eigenvalue weighted by Crippen LogP contribution is -2.18. The molecule has 0 amide bonds. The van der Waals surface area contributed by atoms with Gasteiger partial charge < -0.3 is 8.98 Å². The van der Waals surface area contributed by atoms with Crippen LogP contribution in [0.3, 0.4) is 0 Å². The van der Waals surface area contributed by atoms with Gasteiger partial charge in [-0.2, -0.15) is 0 Å². The van der Waals surface area contributed by atoms with Gasteiger partial charge in [0.05, 0.1) is 0 Å². The van der Waals surface area contributed by atoms with Gasteiger partial charge in [-0.05, 0) is 25.1 Å². The SMILES string of the molecule is Cc1ccc(-c2nnc(Cn3ccccc3=O)o2)cc1. The third kappa shape index (κ3) is 2.51. The molecular formula is C15H13N3O2. The van der Waals surface area contributed by atoms with Crippen molar-refractivity contribution in [2.24, 2.45) is 0 Å². The first-order valence-corrected chi connectivity index (χ1v) is 6.27. The lowest BCUT2D eigenvalue weighted by Gasteiger charge is -1.99. The van der Waals surface area contributed by atoms with Crippen LogP contribution in [0.2, 0.25) is 0 Å². The smallest absolute Gasteiger partial charge is 0.250 e. The highest BCUT2D eigenvalue weighted by molar-refractivity contribution is 5.52. The molecule has 5 nitrogen and oxygen atoms in total. The molecule has 0 aliphatic rings. The lowest BCUT2D eigenvalue weighted by atomic mass is 10.1. The summed E-state index contributed by atoms with van der Waals surface area (Å²) in [5.74, 6) is 0.873. The minimum Gasteiger partial charge on any atom is -0.419 e. The lowest BCUT2D eigenvalue weighted by molar-refractivity contribution is 0.484. The van der Waals surface area contributed by atoms with Crippen LogP contribution in [0.25, 0.3) is 11.5 Å². The third-order valence-corrected chi connectivity index (χ3v) is 2.97. The Kier molecular flexibility index (Phi) is 3.16. The number of rotatable bonds is 3. The molecule has 0 fully saturated rings. The minimum atomic E-state index is -0.0948. The Labute approximate surface area is 115 Å². The van der Waals surface area contributed by atoms with Crippen LogP contribution in [0.4, 0.5) is 0 Å². The van der Waals surface area contributed by atoms with Crippen molar-refractivity contribution in [1.82, 2.24) is 14.8 Å². The monoisotopic (exact) mass is 267 g/mol. The molecule has 2 aromatic heterocycles. The van der Waals surface area contributed by atoms with E-state index in [1.807, 2.05) is 31.2 Å². The van der Waals surface area contributed by atoms with Crippen LogP contribution in [0.5, 0.6) is 0 Å². The predicted molar refractivity (Wildman–Crippen MR) is 74.3 cm³/mol. The highest BCUT2D eigenvalue weighted by Crippen LogP contribution is 2.18. The molecule has 3 rings (SSSR count). The zero-order chi connectivity index (χ0) is 13.9. The zero-order valence-corrected chi connectivity index (χ0v) is 11.0. The van der Waals surface area contributed by atoms with E-state index in [0.717, 1.165) is 5.56 Å². The largest absolute Gasteiger partial charge is 0.419 e. The Morgan fingerprint density at radius 1 is 1.10 bits per heavy atom. The summed E-state index contributed by atoms with van der Waals surface area (Å²) >= 11 is 0. The molecule has 0 aliphatic heterocycles. The second-order valence-electron chi connectivity index (χ2n) is 4.53. The highest BCUT2D eigenvalue weighted by Gasteiger charge is 2.09. The van der Waals surface area contributed by atoms with E-state index in [0.29, 0.717) is 11.8 Å². The van der Waals surface area contributed by atoms with Gasteiger partial charge in [0.25, 0.3) is 5.56 Å². The molecule has 0 saturated carbocycles. The molecule has 3 aromatic rings. The van der Waals surface area contributed by atoms with Crippen molar-refractivity contribution >= 4 is 0 Å². The predicted octanol–water partition coefficient (Wildman–Crippen LogP) is 2.26. The molecule has 0 atom stereocenters. The summed E-state index contributed by atoms with van der Waals surface area (Å²) < 4.78 is 7.11. The molecule has 0 bridgehead atoms. The van der Waals surface area contributed by atoms with Crippen LogP contribution in [-0.4, -0.2) is 14.8 Å². The minimum absolute atomic E-state index is 0.0948. The van der Waals surface area contributed by atoms with Crippen molar-refractivity contribution in [3.05, 3.63) is 70.5 Å². The van der Waals surface area contributed by atoms with Crippen LogP contribution in [-0.2, 0) is 6.54 Å². The van der Waals surface area contributed by atoms with Gasteiger partial charge in [0.15, 0.2) is 0 Å². The molecule has 0 saturated heterocycles. The van der Waals surface area contributed by atoms with E-state index in [4.69, 9.17) is 4.42 Å². The normalized spacial score (nSPS) is 10.7. The number of pyridine rings is 1. The zero-order valence-electron chi connectivity index (χ0n) is 11.0. The van der Waals surface area contributed by atoms with E-state index in [-0.39, 0.29) is 12.1 Å². The van der Waals surface area contributed by atoms with Crippen molar-refractivity contribution in [3.8, 4) is 11.5 Å². The van der Waals surface area contributed by atoms with Gasteiger partial charge in [-0.25, -0.2) is 0 Å². The van der Waals surface area contributed by atoms with Gasteiger partial charge >= 0.3 is 0 Å². The Balaban J connectivity index is 1.86. The highest BCUT2D eigenvalue weighted by atomic mass is 16.4.